The van der Waals surface area contributed by atoms with Crippen molar-refractivity contribution in [2.75, 3.05) is 25.6 Å². The van der Waals surface area contributed by atoms with E-state index in [1.807, 2.05) is 50.2 Å². The van der Waals surface area contributed by atoms with Crippen molar-refractivity contribution >= 4 is 22.5 Å². The average Bonchev–Trinajstić information content (AvgIpc) is 3.39. The lowest BCUT2D eigenvalue weighted by molar-refractivity contribution is 0.0908. The maximum atomic E-state index is 15.0. The molecule has 0 atom stereocenters. The number of anilines is 1. The van der Waals surface area contributed by atoms with E-state index in [1.54, 1.807) is 47.3 Å². The van der Waals surface area contributed by atoms with Crippen molar-refractivity contribution in [1.82, 2.24) is 30.0 Å². The summed E-state index contributed by atoms with van der Waals surface area (Å²) in [5, 5.41) is 13.0. The second-order valence-corrected chi connectivity index (χ2v) is 10.2. The Hall–Kier alpha value is -4.86. The molecule has 1 aliphatic rings. The summed E-state index contributed by atoms with van der Waals surface area (Å²) in [4.78, 5) is 24.3. The highest BCUT2D eigenvalue weighted by molar-refractivity contribution is 6.08. The topological polar surface area (TPSA) is 98.1 Å². The molecule has 1 fully saturated rings. The molecule has 6 rings (SSSR count). The first-order valence-corrected chi connectivity index (χ1v) is 13.6. The number of para-hydroxylation sites is 2. The molecular weight excluding hydrogens is 521 g/mol. The van der Waals surface area contributed by atoms with Crippen molar-refractivity contribution in [1.29, 1.82) is 0 Å². The van der Waals surface area contributed by atoms with Crippen LogP contribution >= 0.6 is 0 Å². The van der Waals surface area contributed by atoms with Gasteiger partial charge in [0.2, 0.25) is 0 Å². The summed E-state index contributed by atoms with van der Waals surface area (Å²) < 4.78 is 22.3. The second kappa shape index (κ2) is 11.0. The van der Waals surface area contributed by atoms with Crippen molar-refractivity contribution in [3.63, 3.8) is 0 Å². The molecule has 1 saturated carbocycles. The Labute approximate surface area is 237 Å². The highest BCUT2D eigenvalue weighted by Gasteiger charge is 2.37. The van der Waals surface area contributed by atoms with Crippen molar-refractivity contribution in [3.05, 3.63) is 90.3 Å². The van der Waals surface area contributed by atoms with Gasteiger partial charge in [0.05, 0.1) is 29.6 Å². The Morgan fingerprint density at radius 3 is 2.61 bits per heavy atom. The minimum absolute atomic E-state index is 0.0187. The Morgan fingerprint density at radius 1 is 1.05 bits per heavy atom. The lowest BCUT2D eigenvalue weighted by atomic mass is 9.79. The number of carbonyl (C=O) groups is 1. The van der Waals surface area contributed by atoms with Crippen LogP contribution in [0.5, 0.6) is 5.75 Å². The monoisotopic (exact) mass is 551 g/mol. The molecule has 3 heterocycles. The number of hydrogen-bond donors (Lipinski definition) is 1. The molecule has 0 spiro atoms. The Morgan fingerprint density at radius 2 is 1.88 bits per heavy atom. The summed E-state index contributed by atoms with van der Waals surface area (Å²) in [7, 11) is 3.93. The van der Waals surface area contributed by atoms with E-state index in [0.29, 0.717) is 59.3 Å². The Kier molecular flexibility index (Phi) is 7.05. The van der Waals surface area contributed by atoms with Crippen LogP contribution in [0.3, 0.4) is 0 Å². The molecule has 0 radical (unpaired) electrons. The van der Waals surface area contributed by atoms with Crippen LogP contribution in [0, 0.1) is 5.82 Å². The summed E-state index contributed by atoms with van der Waals surface area (Å²) in [6, 6.07) is 17.7. The molecule has 9 nitrogen and oxygen atoms in total. The minimum atomic E-state index is -0.384. The number of benzene rings is 2. The summed E-state index contributed by atoms with van der Waals surface area (Å²) in [5.41, 5.74) is 3.11. The van der Waals surface area contributed by atoms with Crippen LogP contribution in [-0.2, 0) is 0 Å². The van der Waals surface area contributed by atoms with Crippen LogP contribution in [0.4, 0.5) is 10.1 Å². The quantitative estimate of drug-likeness (QED) is 0.285. The zero-order valence-electron chi connectivity index (χ0n) is 23.1. The van der Waals surface area contributed by atoms with Crippen molar-refractivity contribution in [2.45, 2.75) is 31.7 Å². The average molecular weight is 552 g/mol. The standard InChI is InChI=1S/C31H30FN7O2/c1-4-41-21-12-13-25(34-18-21)30-37-36-29(39(30)27-11-6-5-10-24(27)32)19-16-20(17-19)35-31(40)23-9-7-8-22-26(38(2)3)14-15-33-28(22)23/h5-15,18-20H,4,16-17H2,1-3H3,(H,35,40). The maximum Gasteiger partial charge on any atom is 0.253 e. The molecule has 0 saturated heterocycles. The first-order chi connectivity index (χ1) is 19.9. The molecule has 0 bridgehead atoms. The van der Waals surface area contributed by atoms with Crippen LogP contribution in [0.2, 0.25) is 0 Å². The first kappa shape index (κ1) is 26.4. The van der Waals surface area contributed by atoms with Gasteiger partial charge in [-0.3, -0.25) is 14.3 Å². The third kappa shape index (κ3) is 4.97. The fraction of sp³-hybridized carbons (Fsp3) is 0.258. The predicted octanol–water partition coefficient (Wildman–Crippen LogP) is 5.16. The number of ether oxygens (including phenoxy) is 1. The van der Waals surface area contributed by atoms with E-state index in [2.05, 4.69) is 25.5 Å². The van der Waals surface area contributed by atoms with E-state index in [1.165, 1.54) is 6.07 Å². The number of nitrogens with zero attached hydrogens (tertiary/aromatic N) is 6. The summed E-state index contributed by atoms with van der Waals surface area (Å²) >= 11 is 0. The highest BCUT2D eigenvalue weighted by atomic mass is 19.1. The van der Waals surface area contributed by atoms with E-state index < -0.39 is 0 Å². The van der Waals surface area contributed by atoms with Gasteiger partial charge in [-0.05, 0) is 56.2 Å². The number of nitrogens with one attached hydrogen (secondary N) is 1. The van der Waals surface area contributed by atoms with E-state index in [0.717, 1.165) is 11.1 Å². The first-order valence-electron chi connectivity index (χ1n) is 13.6. The summed E-state index contributed by atoms with van der Waals surface area (Å²) in [5.74, 6) is 1.15. The van der Waals surface area contributed by atoms with Gasteiger partial charge in [0.15, 0.2) is 5.82 Å². The number of hydrogen-bond acceptors (Lipinski definition) is 7. The number of fused-ring (bicyclic) bond motifs is 1. The van der Waals surface area contributed by atoms with E-state index in [9.17, 15) is 4.79 Å². The summed E-state index contributed by atoms with van der Waals surface area (Å²) in [6.45, 7) is 2.44. The molecule has 1 N–H and O–H groups in total. The Balaban J connectivity index is 1.25. The summed E-state index contributed by atoms with van der Waals surface area (Å²) in [6.07, 6.45) is 4.64. The van der Waals surface area contributed by atoms with Crippen LogP contribution in [-0.4, -0.2) is 57.4 Å². The van der Waals surface area contributed by atoms with Crippen LogP contribution in [0.25, 0.3) is 28.1 Å². The number of carbonyl (C=O) groups excluding carboxylic acids is 1. The number of aromatic nitrogens is 5. The van der Waals surface area contributed by atoms with Gasteiger partial charge in [0, 0.05) is 43.3 Å². The van der Waals surface area contributed by atoms with Gasteiger partial charge in [0.1, 0.15) is 23.1 Å². The number of rotatable bonds is 8. The van der Waals surface area contributed by atoms with E-state index in [4.69, 9.17) is 4.74 Å². The predicted molar refractivity (Wildman–Crippen MR) is 155 cm³/mol. The lowest BCUT2D eigenvalue weighted by Crippen LogP contribution is -2.44. The van der Waals surface area contributed by atoms with Gasteiger partial charge in [-0.25, -0.2) is 9.37 Å². The molecule has 1 amide bonds. The van der Waals surface area contributed by atoms with Crippen molar-refractivity contribution in [3.8, 4) is 23.0 Å². The number of amides is 1. The third-order valence-corrected chi connectivity index (χ3v) is 7.37. The molecule has 1 aliphatic carbocycles. The number of halogens is 1. The van der Waals surface area contributed by atoms with Gasteiger partial charge < -0.3 is 15.0 Å². The molecule has 0 unspecified atom stereocenters. The maximum absolute atomic E-state index is 15.0. The van der Waals surface area contributed by atoms with Gasteiger partial charge in [-0.15, -0.1) is 10.2 Å². The molecule has 5 aromatic rings. The largest absolute Gasteiger partial charge is 0.492 e. The second-order valence-electron chi connectivity index (χ2n) is 10.2. The fourth-order valence-corrected chi connectivity index (χ4v) is 5.31. The van der Waals surface area contributed by atoms with Crippen molar-refractivity contribution in [2.24, 2.45) is 0 Å². The SMILES string of the molecule is CCOc1ccc(-c2nnc(C3CC(NC(=O)c4cccc5c(N(C)C)ccnc45)C3)n2-c2ccccc2F)nc1. The van der Waals surface area contributed by atoms with Gasteiger partial charge >= 0.3 is 0 Å². The molecule has 208 valence electrons. The highest BCUT2D eigenvalue weighted by Crippen LogP contribution is 2.39. The van der Waals surface area contributed by atoms with Crippen LogP contribution < -0.4 is 15.0 Å². The van der Waals surface area contributed by atoms with Crippen LogP contribution in [0.15, 0.2) is 73.1 Å². The van der Waals surface area contributed by atoms with Gasteiger partial charge in [-0.1, -0.05) is 24.3 Å². The van der Waals surface area contributed by atoms with Crippen molar-refractivity contribution < 1.29 is 13.9 Å². The van der Waals surface area contributed by atoms with Gasteiger partial charge in [-0.2, -0.15) is 0 Å². The molecule has 2 aromatic carbocycles. The lowest BCUT2D eigenvalue weighted by Gasteiger charge is -2.35. The van der Waals surface area contributed by atoms with Gasteiger partial charge in [0.25, 0.3) is 5.91 Å². The zero-order valence-corrected chi connectivity index (χ0v) is 23.1. The fourth-order valence-electron chi connectivity index (χ4n) is 5.31. The number of pyridine rings is 2. The molecular formula is C31H30FN7O2. The zero-order chi connectivity index (χ0) is 28.5. The Bertz CT molecular complexity index is 1710. The molecule has 3 aromatic heterocycles. The van der Waals surface area contributed by atoms with Crippen LogP contribution in [0.1, 0.15) is 41.9 Å². The third-order valence-electron chi connectivity index (χ3n) is 7.37. The van der Waals surface area contributed by atoms with E-state index in [-0.39, 0.29) is 23.7 Å². The normalized spacial score (nSPS) is 16.3. The smallest absolute Gasteiger partial charge is 0.253 e. The molecule has 10 heteroatoms. The van der Waals surface area contributed by atoms with E-state index >= 15 is 4.39 Å². The molecule has 0 aliphatic heterocycles. The minimum Gasteiger partial charge on any atom is -0.492 e. The molecule has 41 heavy (non-hydrogen) atoms.